The van der Waals surface area contributed by atoms with Crippen LogP contribution < -0.4 is 0 Å². The van der Waals surface area contributed by atoms with Gasteiger partial charge in [-0.1, -0.05) is 34.1 Å². The number of benzene rings is 1. The molecule has 1 rings (SSSR count). The minimum atomic E-state index is -0.509. The van der Waals surface area contributed by atoms with E-state index in [9.17, 15) is 9.59 Å². The smallest absolute Gasteiger partial charge is 0.339 e. The highest BCUT2D eigenvalue weighted by Crippen LogP contribution is 2.21. The molecular weight excluding hydrogens is 319 g/mol. The minimum absolute atomic E-state index is 0.159. The molecule has 0 heterocycles. The average Bonchev–Trinajstić information content (AvgIpc) is 2.36. The summed E-state index contributed by atoms with van der Waals surface area (Å²) in [6, 6.07) is 5.04. The molecule has 0 saturated carbocycles. The van der Waals surface area contributed by atoms with Crippen molar-refractivity contribution in [1.29, 1.82) is 0 Å². The van der Waals surface area contributed by atoms with Crippen molar-refractivity contribution in [2.75, 3.05) is 6.61 Å². The lowest BCUT2D eigenvalue weighted by molar-refractivity contribution is 0.0522. The molecule has 98 valence electrons. The number of hydrogen-bond donors (Lipinski definition) is 0. The van der Waals surface area contributed by atoms with E-state index in [-0.39, 0.29) is 28.7 Å². The Morgan fingerprint density at radius 1 is 1.44 bits per heavy atom. The molecule has 5 heteroatoms. The van der Waals surface area contributed by atoms with Gasteiger partial charge in [-0.25, -0.2) is 4.79 Å². The van der Waals surface area contributed by atoms with Gasteiger partial charge in [-0.2, -0.15) is 0 Å². The molecule has 1 aromatic rings. The summed E-state index contributed by atoms with van der Waals surface area (Å²) < 4.78 is 4.98. The summed E-state index contributed by atoms with van der Waals surface area (Å²) in [6.07, 6.45) is 0. The predicted molar refractivity (Wildman–Crippen MR) is 74.7 cm³/mol. The minimum Gasteiger partial charge on any atom is -0.462 e. The van der Waals surface area contributed by atoms with Gasteiger partial charge in [0.05, 0.1) is 17.0 Å². The molecule has 0 aromatic heterocycles. The molecule has 1 aromatic carbocycles. The van der Waals surface area contributed by atoms with E-state index in [0.717, 1.165) is 0 Å². The summed E-state index contributed by atoms with van der Waals surface area (Å²) in [4.78, 5) is 23.6. The number of ether oxygens (including phenoxy) is 1. The fourth-order valence-electron chi connectivity index (χ4n) is 1.58. The van der Waals surface area contributed by atoms with Crippen molar-refractivity contribution in [3.8, 4) is 0 Å². The van der Waals surface area contributed by atoms with Crippen LogP contribution in [0.3, 0.4) is 0 Å². The SMILES string of the molecule is CCOC(=O)c1c(CCl)cccc1C(=O)C(C)Br. The van der Waals surface area contributed by atoms with Crippen LogP contribution in [0.15, 0.2) is 18.2 Å². The molecule has 3 nitrogen and oxygen atoms in total. The Morgan fingerprint density at radius 2 is 2.11 bits per heavy atom. The van der Waals surface area contributed by atoms with E-state index >= 15 is 0 Å². The van der Waals surface area contributed by atoms with E-state index in [1.165, 1.54) is 0 Å². The van der Waals surface area contributed by atoms with Gasteiger partial charge < -0.3 is 4.74 Å². The molecule has 1 unspecified atom stereocenters. The molecule has 18 heavy (non-hydrogen) atoms. The van der Waals surface area contributed by atoms with Crippen LogP contribution in [0.2, 0.25) is 0 Å². The Labute approximate surface area is 120 Å². The number of Topliss-reactive ketones (excluding diaryl/α,β-unsaturated/α-hetero) is 1. The van der Waals surface area contributed by atoms with Crippen molar-refractivity contribution in [3.05, 3.63) is 34.9 Å². The molecule has 0 spiro atoms. The molecule has 1 atom stereocenters. The summed E-state index contributed by atoms with van der Waals surface area (Å²) in [5, 5.41) is 0. The largest absolute Gasteiger partial charge is 0.462 e. The van der Waals surface area contributed by atoms with Crippen LogP contribution in [-0.2, 0) is 10.6 Å². The van der Waals surface area contributed by atoms with Crippen molar-refractivity contribution >= 4 is 39.3 Å². The Bertz CT molecular complexity index is 458. The van der Waals surface area contributed by atoms with E-state index in [4.69, 9.17) is 16.3 Å². The highest BCUT2D eigenvalue weighted by Gasteiger charge is 2.23. The van der Waals surface area contributed by atoms with E-state index in [1.807, 2.05) is 0 Å². The number of hydrogen-bond acceptors (Lipinski definition) is 3. The van der Waals surface area contributed by atoms with Gasteiger partial charge in [0, 0.05) is 11.4 Å². The van der Waals surface area contributed by atoms with Gasteiger partial charge in [0.25, 0.3) is 0 Å². The fourth-order valence-corrected chi connectivity index (χ4v) is 2.04. The second-order valence-corrected chi connectivity index (χ2v) is 5.31. The van der Waals surface area contributed by atoms with Crippen molar-refractivity contribution < 1.29 is 14.3 Å². The molecule has 0 aliphatic heterocycles. The Morgan fingerprint density at radius 3 is 2.61 bits per heavy atom. The van der Waals surface area contributed by atoms with E-state index < -0.39 is 5.97 Å². The van der Waals surface area contributed by atoms with Gasteiger partial charge in [0.15, 0.2) is 5.78 Å². The van der Waals surface area contributed by atoms with Gasteiger partial charge in [0.1, 0.15) is 0 Å². The van der Waals surface area contributed by atoms with Crippen LogP contribution >= 0.6 is 27.5 Å². The molecule has 0 bridgehead atoms. The number of halogens is 2. The lowest BCUT2D eigenvalue weighted by atomic mass is 9.97. The first-order chi connectivity index (χ1) is 8.52. The Hall–Kier alpha value is -0.870. The third-order valence-electron chi connectivity index (χ3n) is 2.40. The fraction of sp³-hybridized carbons (Fsp3) is 0.385. The zero-order chi connectivity index (χ0) is 13.7. The topological polar surface area (TPSA) is 43.4 Å². The lowest BCUT2D eigenvalue weighted by Crippen LogP contribution is -2.18. The van der Waals surface area contributed by atoms with Gasteiger partial charge in [-0.3, -0.25) is 4.79 Å². The van der Waals surface area contributed by atoms with E-state index in [0.29, 0.717) is 11.1 Å². The standard InChI is InChI=1S/C13H14BrClO3/c1-3-18-13(17)11-9(7-15)5-4-6-10(11)12(16)8(2)14/h4-6,8H,3,7H2,1-2H3. The summed E-state index contributed by atoms with van der Waals surface area (Å²) in [5.74, 6) is -0.512. The summed E-state index contributed by atoms with van der Waals surface area (Å²) >= 11 is 9.01. The highest BCUT2D eigenvalue weighted by molar-refractivity contribution is 9.10. The highest BCUT2D eigenvalue weighted by atomic mass is 79.9. The lowest BCUT2D eigenvalue weighted by Gasteiger charge is -2.12. The second kappa shape index (κ2) is 6.90. The Kier molecular flexibility index (Phi) is 5.82. The van der Waals surface area contributed by atoms with Crippen LogP contribution in [0.4, 0.5) is 0 Å². The molecule has 0 saturated heterocycles. The van der Waals surface area contributed by atoms with E-state index in [1.54, 1.807) is 32.0 Å². The number of esters is 1. The maximum absolute atomic E-state index is 12.0. The molecule has 0 aliphatic rings. The van der Waals surface area contributed by atoms with Crippen LogP contribution in [0.5, 0.6) is 0 Å². The van der Waals surface area contributed by atoms with Crippen LogP contribution in [-0.4, -0.2) is 23.2 Å². The predicted octanol–water partition coefficient (Wildman–Crippen LogP) is 3.57. The number of carbonyl (C=O) groups excluding carboxylic acids is 2. The number of rotatable bonds is 5. The normalized spacial score (nSPS) is 12.0. The third-order valence-corrected chi connectivity index (χ3v) is 3.10. The van der Waals surface area contributed by atoms with E-state index in [2.05, 4.69) is 15.9 Å². The molecular formula is C13H14BrClO3. The zero-order valence-corrected chi connectivity index (χ0v) is 12.5. The molecule has 0 fully saturated rings. The quantitative estimate of drug-likeness (QED) is 0.470. The number of alkyl halides is 2. The van der Waals surface area contributed by atoms with Crippen molar-refractivity contribution in [2.24, 2.45) is 0 Å². The average molecular weight is 334 g/mol. The molecule has 0 amide bonds. The number of ketones is 1. The van der Waals surface area contributed by atoms with Crippen LogP contribution in [0.1, 0.15) is 40.1 Å². The summed E-state index contributed by atoms with van der Waals surface area (Å²) in [6.45, 7) is 3.69. The first-order valence-corrected chi connectivity index (χ1v) is 7.01. The molecule has 0 N–H and O–H groups in total. The van der Waals surface area contributed by atoms with Crippen LogP contribution in [0, 0.1) is 0 Å². The maximum atomic E-state index is 12.0. The maximum Gasteiger partial charge on any atom is 0.339 e. The first-order valence-electron chi connectivity index (χ1n) is 5.56. The first kappa shape index (κ1) is 15.2. The van der Waals surface area contributed by atoms with Gasteiger partial charge in [0.2, 0.25) is 0 Å². The van der Waals surface area contributed by atoms with Gasteiger partial charge in [-0.05, 0) is 19.4 Å². The Balaban J connectivity index is 3.33. The zero-order valence-electron chi connectivity index (χ0n) is 10.2. The summed E-state index contributed by atoms with van der Waals surface area (Å²) in [7, 11) is 0. The van der Waals surface area contributed by atoms with Crippen molar-refractivity contribution in [1.82, 2.24) is 0 Å². The monoisotopic (exact) mass is 332 g/mol. The van der Waals surface area contributed by atoms with Crippen molar-refractivity contribution in [2.45, 2.75) is 24.6 Å². The van der Waals surface area contributed by atoms with Gasteiger partial charge >= 0.3 is 5.97 Å². The molecule has 0 radical (unpaired) electrons. The molecule has 0 aliphatic carbocycles. The third kappa shape index (κ3) is 3.33. The van der Waals surface area contributed by atoms with Crippen molar-refractivity contribution in [3.63, 3.8) is 0 Å². The number of carbonyl (C=O) groups is 2. The van der Waals surface area contributed by atoms with Gasteiger partial charge in [-0.15, -0.1) is 11.6 Å². The second-order valence-electron chi connectivity index (χ2n) is 3.67. The summed E-state index contributed by atoms with van der Waals surface area (Å²) in [5.41, 5.74) is 1.22. The van der Waals surface area contributed by atoms with Crippen LogP contribution in [0.25, 0.3) is 0 Å².